The number of ether oxygens (including phenoxy) is 2. The van der Waals surface area contributed by atoms with E-state index in [9.17, 15) is 28.8 Å². The van der Waals surface area contributed by atoms with Crippen LogP contribution in [-0.2, 0) is 48.4 Å². The molecule has 0 fully saturated rings. The molecule has 3 aromatic carbocycles. The van der Waals surface area contributed by atoms with E-state index in [1.54, 1.807) is 98.7 Å². The molecule has 30 nitrogen and oxygen atoms in total. The minimum absolute atomic E-state index is 0. The maximum Gasteiger partial charge on any atom is 0.410 e. The number of anilines is 5. The largest absolute Gasteiger partial charge is 0.444 e. The highest BCUT2D eigenvalue weighted by molar-refractivity contribution is 9.10. The van der Waals surface area contributed by atoms with Crippen molar-refractivity contribution in [1.29, 1.82) is 0 Å². The number of nitrogens with zero attached hydrogens (tertiary/aromatic N) is 17. The van der Waals surface area contributed by atoms with Crippen molar-refractivity contribution in [1.82, 2.24) is 92.9 Å². The number of aromatic amines is 1. The summed E-state index contributed by atoms with van der Waals surface area (Å²) in [6, 6.07) is 26.3. The number of thiophene rings is 4. The van der Waals surface area contributed by atoms with E-state index < -0.39 is 11.2 Å². The smallest absolute Gasteiger partial charge is 0.410 e. The van der Waals surface area contributed by atoms with Gasteiger partial charge in [0.05, 0.1) is 17.1 Å². The third-order valence-corrected chi connectivity index (χ3v) is 24.4. The van der Waals surface area contributed by atoms with Gasteiger partial charge in [0.1, 0.15) is 32.7 Å². The van der Waals surface area contributed by atoms with Crippen molar-refractivity contribution < 1.29 is 19.1 Å². The molecule has 3 aliphatic rings. The van der Waals surface area contributed by atoms with Crippen LogP contribution in [0.15, 0.2) is 181 Å². The quantitative estimate of drug-likeness (QED) is 0.0407. The van der Waals surface area contributed by atoms with E-state index in [1.807, 2.05) is 227 Å². The average Bonchev–Trinajstić information content (AvgIpc) is 1.61. The molecule has 0 radical (unpaired) electrons. The number of carbonyl (C=O) groups is 2. The molecule has 658 valence electrons. The van der Waals surface area contributed by atoms with Gasteiger partial charge in [-0.3, -0.25) is 24.3 Å². The molecule has 15 aromatic rings. The van der Waals surface area contributed by atoms with E-state index in [4.69, 9.17) is 25.2 Å². The fraction of sp³-hybridized carbons (Fsp3) is 0.356. The summed E-state index contributed by atoms with van der Waals surface area (Å²) in [6.07, 6.45) is 12.3. The highest BCUT2D eigenvalue weighted by Crippen LogP contribution is 2.31. The molecular weight excluding hydrogens is 1790 g/mol. The van der Waals surface area contributed by atoms with Crippen molar-refractivity contribution in [2.24, 2.45) is 0 Å². The van der Waals surface area contributed by atoms with Crippen LogP contribution in [0.3, 0.4) is 0 Å². The number of nitrogen functional groups attached to an aromatic ring is 1. The van der Waals surface area contributed by atoms with Gasteiger partial charge in [0.25, 0.3) is 22.2 Å². The van der Waals surface area contributed by atoms with Gasteiger partial charge in [0.15, 0.2) is 32.9 Å². The van der Waals surface area contributed by atoms with Crippen molar-refractivity contribution in [2.45, 2.75) is 182 Å². The van der Waals surface area contributed by atoms with E-state index in [0.29, 0.717) is 92.5 Å². The van der Waals surface area contributed by atoms with Crippen LogP contribution in [0.4, 0.5) is 38.5 Å². The van der Waals surface area contributed by atoms with Gasteiger partial charge in [-0.1, -0.05) is 41.7 Å². The highest BCUT2D eigenvalue weighted by atomic mass is 79.9. The van der Waals surface area contributed by atoms with Gasteiger partial charge in [-0.2, -0.15) is 55.3 Å². The first-order valence-electron chi connectivity index (χ1n) is 40.4. The second kappa shape index (κ2) is 40.7. The number of rotatable bonds is 13. The molecule has 0 bridgehead atoms. The predicted molar refractivity (Wildman–Crippen MR) is 512 cm³/mol. The summed E-state index contributed by atoms with van der Waals surface area (Å²) < 4.78 is 24.5. The summed E-state index contributed by atoms with van der Waals surface area (Å²) in [4.78, 5) is 114. The Morgan fingerprint density at radius 2 is 0.896 bits per heavy atom. The van der Waals surface area contributed by atoms with Crippen LogP contribution in [0, 0.1) is 0 Å². The molecule has 3 aliphatic heterocycles. The molecule has 0 spiro atoms. The number of thioether (sulfide) groups is 2. The van der Waals surface area contributed by atoms with Gasteiger partial charge < -0.3 is 41.0 Å². The number of carbonyl (C=O) groups excluding carboxylic acids is 2. The van der Waals surface area contributed by atoms with Crippen molar-refractivity contribution in [2.75, 3.05) is 48.5 Å². The summed E-state index contributed by atoms with van der Waals surface area (Å²) in [5.74, 6) is 0.898. The SMILES string of the molecule is Brc1ccsc1.CC(C)(C)OC(=O)N1CCc2cc(N)ccc2C1.CC(C)n1c(=O)c2cnc(Nc3ccc4c(c3)CCN(C(=O)OC(C)(C)C)C4)nc2n1-c1ccsc1.CC(C)n1c(=O)c2cnc(Nc3ccc4c(c3)CCNC4)nc2n1-c1ccsc1.CSc1ncc2c(=O)n(C(C)C)[nH]c2n1.CSc1ncc2c(=O)n(C(C)C)n(-c3ccsc3)c2n1.Cl. The molecule has 0 saturated carbocycles. The summed E-state index contributed by atoms with van der Waals surface area (Å²) in [7, 11) is 0. The number of fused-ring (bicyclic) bond motifs is 7. The zero-order valence-electron chi connectivity index (χ0n) is 72.3. The number of hydrogen-bond acceptors (Lipinski definition) is 26. The molecule has 0 unspecified atom stereocenters. The van der Waals surface area contributed by atoms with Gasteiger partial charge in [0.2, 0.25) is 11.9 Å². The molecule has 18 rings (SSSR count). The van der Waals surface area contributed by atoms with Crippen LogP contribution in [0.5, 0.6) is 0 Å². The molecule has 12 aromatic heterocycles. The summed E-state index contributed by atoms with van der Waals surface area (Å²) in [5.41, 5.74) is 19.6. The second-order valence-electron chi connectivity index (χ2n) is 32.5. The Bertz CT molecular complexity index is 6520. The number of halogens is 2. The molecule has 0 aliphatic carbocycles. The normalized spacial score (nSPS) is 13.0. The lowest BCUT2D eigenvalue weighted by Gasteiger charge is -2.31. The molecular formula is C87H102BrClN22O8S6. The van der Waals surface area contributed by atoms with Gasteiger partial charge in [-0.05, 0) is 267 Å². The monoisotopic (exact) mass is 1890 g/mol. The number of hydrogen-bond donors (Lipinski definition) is 5. The van der Waals surface area contributed by atoms with E-state index >= 15 is 0 Å². The average molecular weight is 1890 g/mol. The van der Waals surface area contributed by atoms with E-state index in [0.717, 1.165) is 77.6 Å². The zero-order chi connectivity index (χ0) is 88.6. The van der Waals surface area contributed by atoms with Gasteiger partial charge in [0, 0.05) is 125 Å². The number of benzene rings is 3. The maximum absolute atomic E-state index is 13.1. The number of H-pyrrole nitrogens is 1. The van der Waals surface area contributed by atoms with E-state index in [1.165, 1.54) is 50.3 Å². The fourth-order valence-electron chi connectivity index (χ4n) is 14.1. The Labute approximate surface area is 761 Å². The second-order valence-corrected chi connectivity index (χ2v) is 38.1. The lowest BCUT2D eigenvalue weighted by atomic mass is 9.99. The van der Waals surface area contributed by atoms with Gasteiger partial charge >= 0.3 is 12.2 Å². The number of amides is 2. The fourth-order valence-corrected chi connectivity index (χ4v) is 17.7. The molecule has 0 saturated heterocycles. The van der Waals surface area contributed by atoms with Gasteiger partial charge in [-0.15, -0.1) is 12.4 Å². The predicted octanol–water partition coefficient (Wildman–Crippen LogP) is 18.7. The molecule has 15 heterocycles. The summed E-state index contributed by atoms with van der Waals surface area (Å²) in [5, 5.41) is 32.5. The first-order valence-corrected chi connectivity index (χ1v) is 47.4. The van der Waals surface area contributed by atoms with E-state index in [2.05, 4.69) is 85.1 Å². The van der Waals surface area contributed by atoms with Crippen LogP contribution in [0.1, 0.15) is 154 Å². The summed E-state index contributed by atoms with van der Waals surface area (Å²) in [6.45, 7) is 31.4. The van der Waals surface area contributed by atoms with Crippen LogP contribution < -0.4 is 43.9 Å². The number of aromatic nitrogens is 16. The lowest BCUT2D eigenvalue weighted by Crippen LogP contribution is -2.39. The highest BCUT2D eigenvalue weighted by Gasteiger charge is 2.30. The van der Waals surface area contributed by atoms with Crippen molar-refractivity contribution in [3.63, 3.8) is 0 Å². The molecule has 38 heteroatoms. The number of nitrogens with one attached hydrogen (secondary N) is 4. The minimum Gasteiger partial charge on any atom is -0.444 e. The topological polar surface area (TPSA) is 343 Å². The third-order valence-electron chi connectivity index (χ3n) is 19.7. The zero-order valence-corrected chi connectivity index (χ0v) is 79.6. The Morgan fingerprint density at radius 3 is 1.30 bits per heavy atom. The van der Waals surface area contributed by atoms with Crippen molar-refractivity contribution in [3.05, 3.63) is 226 Å². The first-order chi connectivity index (χ1) is 59.2. The Kier molecular flexibility index (Phi) is 30.4. The standard InChI is InChI=1S/C26H30N6O3S.C21H22N6OS.C14H20N2O2.C13H14N4OS2.C9H12N4OS.C4H3BrS.ClH/c1-16(2)31-23(33)21-13-27-24(29-22(21)32(31)20-9-11-36-15-20)28-19-7-6-18-14-30(10-8-17(18)12-19)25(34)35-26(3,4)5;1-13(2)26-20(28)18-11-23-21(25-19(18)27(26)17-6-8-29-12-17)24-16-4-3-15-10-22-7-5-14(15)9-16;1-14(2,3)18-13(17)16-7-6-10-8-12(15)5-4-11(10)9-16;1-8(2)16-12(18)10-6-14-13(19-3)15-11(10)17(16)9-4-5-20-7-9;1-5(2)13-8(14)6-4-10-9(15-3)11-7(6)12-13;5-4-1-2-6-3-4;/h6-7,9,11-13,15-16H,8,10,14H2,1-5H3,(H,27,28,29);3-4,6,8-9,11-13,22H,5,7,10H2,1-2H3,(H,23,24,25);4-5,8H,6-7,9,15H2,1-3H3;4-8H,1-3H3;4-5H,1-3H3,(H,10,11,12);1-3H;1H. The first kappa shape index (κ1) is 93.4. The molecule has 0 atom stereocenters. The van der Waals surface area contributed by atoms with E-state index in [-0.39, 0.29) is 71.0 Å². The Hall–Kier alpha value is -10.8. The van der Waals surface area contributed by atoms with Gasteiger partial charge in [-0.25, -0.2) is 72.3 Å². The lowest BCUT2D eigenvalue weighted by molar-refractivity contribution is 0.0214. The number of nitrogens with two attached hydrogens (primary N) is 1. The van der Waals surface area contributed by atoms with Crippen LogP contribution in [0.2, 0.25) is 0 Å². The maximum atomic E-state index is 13.1. The third kappa shape index (κ3) is 22.2. The Morgan fingerprint density at radius 1 is 0.488 bits per heavy atom. The molecule has 2 amide bonds. The minimum atomic E-state index is -0.517. The summed E-state index contributed by atoms with van der Waals surface area (Å²) >= 11 is 12.7. The van der Waals surface area contributed by atoms with Crippen molar-refractivity contribution >= 4 is 182 Å². The van der Waals surface area contributed by atoms with Crippen LogP contribution >= 0.6 is 97.2 Å². The van der Waals surface area contributed by atoms with Crippen molar-refractivity contribution in [3.8, 4) is 17.1 Å². The molecule has 6 N–H and O–H groups in total. The van der Waals surface area contributed by atoms with Crippen LogP contribution in [0.25, 0.3) is 61.2 Å². The molecule has 125 heavy (non-hydrogen) atoms. The van der Waals surface area contributed by atoms with Crippen LogP contribution in [-0.4, -0.2) is 143 Å². The Balaban J connectivity index is 0.000000144.